The standard InChI is InChI=1S/C17H27ClN2O2S/c1-5-7-8-13(6-2)11-22-17(21)12(3)23-14-9-10-20-16(19-4)15(14)18/h9-10,12-13H,5-8,11H2,1-4H3,(H,19,20). The van der Waals surface area contributed by atoms with Crippen molar-refractivity contribution in [3.63, 3.8) is 0 Å². The zero-order valence-corrected chi connectivity index (χ0v) is 16.0. The fourth-order valence-corrected chi connectivity index (χ4v) is 3.37. The number of rotatable bonds is 10. The van der Waals surface area contributed by atoms with Gasteiger partial charge in [-0.1, -0.05) is 44.7 Å². The largest absolute Gasteiger partial charge is 0.465 e. The van der Waals surface area contributed by atoms with Gasteiger partial charge in [0, 0.05) is 18.1 Å². The van der Waals surface area contributed by atoms with E-state index in [4.69, 9.17) is 16.3 Å². The number of pyridine rings is 1. The van der Waals surface area contributed by atoms with E-state index < -0.39 is 0 Å². The molecule has 6 heteroatoms. The van der Waals surface area contributed by atoms with Gasteiger partial charge in [-0.25, -0.2) is 4.98 Å². The van der Waals surface area contributed by atoms with Crippen molar-refractivity contribution in [1.82, 2.24) is 4.98 Å². The molecule has 4 nitrogen and oxygen atoms in total. The first-order valence-corrected chi connectivity index (χ1v) is 9.44. The van der Waals surface area contributed by atoms with Crippen LogP contribution in [0.5, 0.6) is 0 Å². The normalized spacial score (nSPS) is 13.4. The molecular weight excluding hydrogens is 332 g/mol. The van der Waals surface area contributed by atoms with Gasteiger partial charge in [-0.15, -0.1) is 11.8 Å². The highest BCUT2D eigenvalue weighted by Gasteiger charge is 2.20. The van der Waals surface area contributed by atoms with E-state index in [-0.39, 0.29) is 11.2 Å². The minimum atomic E-state index is -0.303. The maximum absolute atomic E-state index is 12.2. The molecule has 0 bridgehead atoms. The van der Waals surface area contributed by atoms with Crippen LogP contribution in [0.4, 0.5) is 5.82 Å². The van der Waals surface area contributed by atoms with Crippen LogP contribution in [0.2, 0.25) is 5.02 Å². The maximum Gasteiger partial charge on any atom is 0.319 e. The van der Waals surface area contributed by atoms with Crippen molar-refractivity contribution in [3.05, 3.63) is 17.3 Å². The number of hydrogen-bond donors (Lipinski definition) is 1. The number of ether oxygens (including phenoxy) is 1. The molecular formula is C17H27ClN2O2S. The number of esters is 1. The van der Waals surface area contributed by atoms with Crippen molar-refractivity contribution in [1.29, 1.82) is 0 Å². The highest BCUT2D eigenvalue weighted by Crippen LogP contribution is 2.34. The Hall–Kier alpha value is -0.940. The summed E-state index contributed by atoms with van der Waals surface area (Å²) in [6.45, 7) is 6.67. The molecule has 1 heterocycles. The van der Waals surface area contributed by atoms with Gasteiger partial charge in [0.1, 0.15) is 11.1 Å². The van der Waals surface area contributed by atoms with E-state index in [1.807, 2.05) is 13.0 Å². The van der Waals surface area contributed by atoms with Crippen LogP contribution in [0.25, 0.3) is 0 Å². The molecule has 0 aliphatic carbocycles. The number of anilines is 1. The number of thioether (sulfide) groups is 1. The SMILES string of the molecule is CCCCC(CC)COC(=O)C(C)Sc1ccnc(NC)c1Cl. The minimum absolute atomic E-state index is 0.191. The zero-order valence-electron chi connectivity index (χ0n) is 14.4. The van der Waals surface area contributed by atoms with Crippen LogP contribution in [0.3, 0.4) is 0 Å². The highest BCUT2D eigenvalue weighted by molar-refractivity contribution is 8.00. The van der Waals surface area contributed by atoms with E-state index in [9.17, 15) is 4.79 Å². The van der Waals surface area contributed by atoms with E-state index in [0.29, 0.717) is 23.4 Å². The van der Waals surface area contributed by atoms with Crippen LogP contribution in [-0.2, 0) is 9.53 Å². The second-order valence-electron chi connectivity index (χ2n) is 5.53. The predicted molar refractivity (Wildman–Crippen MR) is 98.4 cm³/mol. The maximum atomic E-state index is 12.2. The van der Waals surface area contributed by atoms with Crippen LogP contribution >= 0.6 is 23.4 Å². The molecule has 0 amide bonds. The number of carbonyl (C=O) groups is 1. The molecule has 0 fully saturated rings. The number of halogens is 1. The van der Waals surface area contributed by atoms with E-state index in [1.54, 1.807) is 13.2 Å². The zero-order chi connectivity index (χ0) is 17.2. The molecule has 0 aliphatic heterocycles. The summed E-state index contributed by atoms with van der Waals surface area (Å²) in [5.74, 6) is 0.878. The fourth-order valence-electron chi connectivity index (χ4n) is 2.15. The third-order valence-corrected chi connectivity index (χ3v) is 5.37. The van der Waals surface area contributed by atoms with Gasteiger partial charge < -0.3 is 10.1 Å². The predicted octanol–water partition coefficient (Wildman–Crippen LogP) is 5.02. The lowest BCUT2D eigenvalue weighted by molar-refractivity contribution is -0.144. The summed E-state index contributed by atoms with van der Waals surface area (Å²) in [7, 11) is 1.77. The molecule has 2 atom stereocenters. The topological polar surface area (TPSA) is 51.2 Å². The summed E-state index contributed by atoms with van der Waals surface area (Å²) in [4.78, 5) is 17.2. The Bertz CT molecular complexity index is 499. The lowest BCUT2D eigenvalue weighted by Gasteiger charge is -2.17. The number of nitrogens with zero attached hydrogens (tertiary/aromatic N) is 1. The van der Waals surface area contributed by atoms with Crippen molar-refractivity contribution in [2.45, 2.75) is 56.6 Å². The Labute approximate surface area is 148 Å². The first-order chi connectivity index (χ1) is 11.0. The molecule has 23 heavy (non-hydrogen) atoms. The van der Waals surface area contributed by atoms with E-state index in [0.717, 1.165) is 17.7 Å². The molecule has 1 aromatic rings. The summed E-state index contributed by atoms with van der Waals surface area (Å²) < 4.78 is 5.49. The van der Waals surface area contributed by atoms with Gasteiger partial charge in [0.15, 0.2) is 0 Å². The molecule has 130 valence electrons. The van der Waals surface area contributed by atoms with Crippen LogP contribution in [0.15, 0.2) is 17.2 Å². The second kappa shape index (κ2) is 10.8. The molecule has 1 N–H and O–H groups in total. The summed E-state index contributed by atoms with van der Waals surface area (Å²) in [5.41, 5.74) is 0. The van der Waals surface area contributed by atoms with Crippen molar-refractivity contribution >= 4 is 35.1 Å². The lowest BCUT2D eigenvalue weighted by Crippen LogP contribution is -2.21. The summed E-state index contributed by atoms with van der Waals surface area (Å²) in [6, 6.07) is 1.81. The van der Waals surface area contributed by atoms with Crippen LogP contribution in [0.1, 0.15) is 46.5 Å². The van der Waals surface area contributed by atoms with Gasteiger partial charge in [0.05, 0.1) is 11.6 Å². The second-order valence-corrected chi connectivity index (χ2v) is 7.29. The lowest BCUT2D eigenvalue weighted by atomic mass is 10.0. The molecule has 2 unspecified atom stereocenters. The highest BCUT2D eigenvalue weighted by atomic mass is 35.5. The van der Waals surface area contributed by atoms with Crippen molar-refractivity contribution in [2.75, 3.05) is 19.0 Å². The molecule has 0 aliphatic rings. The van der Waals surface area contributed by atoms with Crippen molar-refractivity contribution in [2.24, 2.45) is 5.92 Å². The van der Waals surface area contributed by atoms with E-state index in [1.165, 1.54) is 24.6 Å². The number of carbonyl (C=O) groups excluding carboxylic acids is 1. The summed E-state index contributed by atoms with van der Waals surface area (Å²) in [6.07, 6.45) is 6.18. The van der Waals surface area contributed by atoms with Gasteiger partial charge in [-0.3, -0.25) is 4.79 Å². The van der Waals surface area contributed by atoms with Gasteiger partial charge in [-0.2, -0.15) is 0 Å². The van der Waals surface area contributed by atoms with Gasteiger partial charge in [0.2, 0.25) is 0 Å². The third-order valence-electron chi connectivity index (χ3n) is 3.73. The van der Waals surface area contributed by atoms with E-state index >= 15 is 0 Å². The van der Waals surface area contributed by atoms with Gasteiger partial charge in [-0.05, 0) is 25.3 Å². The van der Waals surface area contributed by atoms with E-state index in [2.05, 4.69) is 24.1 Å². The average Bonchev–Trinajstić information content (AvgIpc) is 2.56. The van der Waals surface area contributed by atoms with Crippen LogP contribution < -0.4 is 5.32 Å². The Morgan fingerprint density at radius 2 is 2.22 bits per heavy atom. The molecule has 0 radical (unpaired) electrons. The van der Waals surface area contributed by atoms with Crippen molar-refractivity contribution < 1.29 is 9.53 Å². The fraction of sp³-hybridized carbons (Fsp3) is 0.647. The van der Waals surface area contributed by atoms with Gasteiger partial charge >= 0.3 is 5.97 Å². The summed E-state index contributed by atoms with van der Waals surface area (Å²) in [5, 5.41) is 3.17. The minimum Gasteiger partial charge on any atom is -0.465 e. The smallest absolute Gasteiger partial charge is 0.319 e. The van der Waals surface area contributed by atoms with Gasteiger partial charge in [0.25, 0.3) is 0 Å². The molecule has 1 rings (SSSR count). The molecule has 0 aromatic carbocycles. The average molecular weight is 359 g/mol. The molecule has 0 spiro atoms. The number of aromatic nitrogens is 1. The third kappa shape index (κ3) is 6.60. The quantitative estimate of drug-likeness (QED) is 0.470. The van der Waals surface area contributed by atoms with Crippen molar-refractivity contribution in [3.8, 4) is 0 Å². The first-order valence-electron chi connectivity index (χ1n) is 8.18. The molecule has 0 saturated heterocycles. The first kappa shape index (κ1) is 20.1. The Morgan fingerprint density at radius 3 is 2.83 bits per heavy atom. The Balaban J connectivity index is 2.54. The number of hydrogen-bond acceptors (Lipinski definition) is 5. The number of unbranched alkanes of at least 4 members (excludes halogenated alkanes) is 1. The summed E-state index contributed by atoms with van der Waals surface area (Å²) >= 11 is 7.67. The molecule has 0 saturated carbocycles. The van der Waals surface area contributed by atoms with Crippen LogP contribution in [-0.4, -0.2) is 29.9 Å². The number of nitrogens with one attached hydrogen (secondary N) is 1. The Kier molecular flexibility index (Phi) is 9.41. The molecule has 1 aromatic heterocycles. The Morgan fingerprint density at radius 1 is 1.48 bits per heavy atom. The monoisotopic (exact) mass is 358 g/mol. The van der Waals surface area contributed by atoms with Crippen LogP contribution in [0, 0.1) is 5.92 Å².